The summed E-state index contributed by atoms with van der Waals surface area (Å²) in [6, 6.07) is 1.10. The molecule has 0 bridgehead atoms. The molecule has 0 spiro atoms. The minimum atomic E-state index is -1.14. The van der Waals surface area contributed by atoms with Gasteiger partial charge in [-0.2, -0.15) is 4.98 Å². The molecule has 1 aliphatic carbocycles. The Bertz CT molecular complexity index is 775. The van der Waals surface area contributed by atoms with Crippen molar-refractivity contribution >= 4 is 30.8 Å². The van der Waals surface area contributed by atoms with Gasteiger partial charge in [0.25, 0.3) is 5.56 Å². The number of halogens is 1. The third-order valence-electron chi connectivity index (χ3n) is 4.55. The van der Waals surface area contributed by atoms with Crippen molar-refractivity contribution < 1.29 is 4.74 Å². The Balaban J connectivity index is 1.90. The van der Waals surface area contributed by atoms with E-state index in [1.807, 2.05) is 4.57 Å². The van der Waals surface area contributed by atoms with Gasteiger partial charge in [0.1, 0.15) is 12.6 Å². The van der Waals surface area contributed by atoms with E-state index in [2.05, 4.69) is 34.6 Å². The molecule has 0 aromatic carbocycles. The van der Waals surface area contributed by atoms with E-state index in [0.29, 0.717) is 30.4 Å². The third-order valence-corrected chi connectivity index (χ3v) is 6.43. The number of nitrogens with one attached hydrogen (secondary N) is 1. The van der Waals surface area contributed by atoms with E-state index in [4.69, 9.17) is 16.3 Å². The number of nitrogens with zero attached hydrogens (tertiary/aromatic N) is 3. The number of hydrogen-bond donors (Lipinski definition) is 1. The highest BCUT2D eigenvalue weighted by Gasteiger charge is 2.25. The zero-order valence-corrected chi connectivity index (χ0v) is 16.3. The minimum Gasteiger partial charge on any atom is -0.361 e. The molecule has 6 nitrogen and oxygen atoms in total. The molecular formula is C16H25ClN4O2Si. The first kappa shape index (κ1) is 17.6. The van der Waals surface area contributed by atoms with Crippen LogP contribution >= 0.6 is 11.6 Å². The molecule has 0 saturated heterocycles. The number of fused-ring (bicyclic) bond motifs is 1. The molecule has 0 radical (unpaired) electrons. The Kier molecular flexibility index (Phi) is 5.12. The predicted molar refractivity (Wildman–Crippen MR) is 98.5 cm³/mol. The van der Waals surface area contributed by atoms with Crippen LogP contribution in [0.5, 0.6) is 0 Å². The Morgan fingerprint density at radius 3 is 2.67 bits per heavy atom. The second-order valence-electron chi connectivity index (χ2n) is 7.76. The van der Waals surface area contributed by atoms with Gasteiger partial charge in [0.15, 0.2) is 11.2 Å². The lowest BCUT2D eigenvalue weighted by molar-refractivity contribution is 0.0869. The highest BCUT2D eigenvalue weighted by atomic mass is 35.5. The van der Waals surface area contributed by atoms with Gasteiger partial charge >= 0.3 is 0 Å². The summed E-state index contributed by atoms with van der Waals surface area (Å²) in [7, 11) is -1.14. The molecule has 2 aromatic rings. The molecule has 0 atom stereocenters. The van der Waals surface area contributed by atoms with Crippen LogP contribution in [0.3, 0.4) is 0 Å². The quantitative estimate of drug-likeness (QED) is 0.479. The summed E-state index contributed by atoms with van der Waals surface area (Å²) in [4.78, 5) is 23.7. The fourth-order valence-electron chi connectivity index (χ4n) is 3.19. The van der Waals surface area contributed by atoms with Gasteiger partial charge in [-0.15, -0.1) is 0 Å². The summed E-state index contributed by atoms with van der Waals surface area (Å²) in [6.45, 7) is 8.02. The fourth-order valence-corrected chi connectivity index (χ4v) is 4.12. The molecule has 3 rings (SSSR count). The van der Waals surface area contributed by atoms with E-state index in [1.165, 1.54) is 12.8 Å². The molecule has 0 aliphatic heterocycles. The lowest BCUT2D eigenvalue weighted by Crippen LogP contribution is -2.22. The first-order chi connectivity index (χ1) is 11.3. The second kappa shape index (κ2) is 6.97. The van der Waals surface area contributed by atoms with Crippen LogP contribution in [0.2, 0.25) is 31.0 Å². The summed E-state index contributed by atoms with van der Waals surface area (Å²) < 4.78 is 7.79. The van der Waals surface area contributed by atoms with Gasteiger partial charge in [0, 0.05) is 20.6 Å². The Hall–Kier alpha value is -1.18. The van der Waals surface area contributed by atoms with Crippen LogP contribution in [0.15, 0.2) is 4.79 Å². The monoisotopic (exact) mass is 368 g/mol. The maximum Gasteiger partial charge on any atom is 0.278 e. The van der Waals surface area contributed by atoms with Crippen LogP contribution in [0.4, 0.5) is 0 Å². The fraction of sp³-hybridized carbons (Fsp3) is 0.688. The molecule has 1 N–H and O–H groups in total. The highest BCUT2D eigenvalue weighted by Crippen LogP contribution is 2.34. The largest absolute Gasteiger partial charge is 0.361 e. The van der Waals surface area contributed by atoms with Gasteiger partial charge < -0.3 is 4.74 Å². The number of aromatic nitrogens is 4. The highest BCUT2D eigenvalue weighted by molar-refractivity contribution is 6.76. The van der Waals surface area contributed by atoms with Gasteiger partial charge in [0.05, 0.1) is 0 Å². The van der Waals surface area contributed by atoms with Crippen molar-refractivity contribution in [2.45, 2.75) is 64.0 Å². The van der Waals surface area contributed by atoms with Crippen molar-refractivity contribution in [3.63, 3.8) is 0 Å². The van der Waals surface area contributed by atoms with Crippen LogP contribution in [0, 0.1) is 0 Å². The van der Waals surface area contributed by atoms with E-state index < -0.39 is 8.07 Å². The molecule has 2 aromatic heterocycles. The first-order valence-corrected chi connectivity index (χ1v) is 12.7. The Labute approximate surface area is 147 Å². The van der Waals surface area contributed by atoms with Crippen molar-refractivity contribution in [1.82, 2.24) is 19.5 Å². The second-order valence-corrected chi connectivity index (χ2v) is 13.7. The maximum atomic E-state index is 12.4. The van der Waals surface area contributed by atoms with Crippen molar-refractivity contribution in [3.8, 4) is 0 Å². The molecule has 2 heterocycles. The molecule has 1 aliphatic rings. The van der Waals surface area contributed by atoms with Gasteiger partial charge in [-0.25, -0.2) is 4.98 Å². The van der Waals surface area contributed by atoms with E-state index in [1.54, 1.807) is 0 Å². The molecular weight excluding hydrogens is 344 g/mol. The van der Waals surface area contributed by atoms with Crippen LogP contribution in [-0.4, -0.2) is 34.2 Å². The van der Waals surface area contributed by atoms with Crippen molar-refractivity contribution in [2.24, 2.45) is 0 Å². The van der Waals surface area contributed by atoms with Crippen molar-refractivity contribution in [3.05, 3.63) is 21.5 Å². The van der Waals surface area contributed by atoms with Gasteiger partial charge in [-0.3, -0.25) is 14.3 Å². The van der Waals surface area contributed by atoms with Crippen LogP contribution < -0.4 is 5.56 Å². The number of hydrogen-bond acceptors (Lipinski definition) is 4. The number of rotatable bonds is 6. The number of aromatic amines is 1. The van der Waals surface area contributed by atoms with E-state index in [0.717, 1.165) is 24.7 Å². The number of ether oxygens (including phenoxy) is 1. The van der Waals surface area contributed by atoms with Crippen LogP contribution in [0.25, 0.3) is 11.2 Å². The molecule has 0 unspecified atom stereocenters. The zero-order chi connectivity index (χ0) is 17.3. The van der Waals surface area contributed by atoms with Crippen LogP contribution in [-0.2, 0) is 11.5 Å². The van der Waals surface area contributed by atoms with Gasteiger partial charge in [-0.1, -0.05) is 32.5 Å². The summed E-state index contributed by atoms with van der Waals surface area (Å²) in [5.74, 6) is 1.29. The molecule has 0 amide bonds. The average Bonchev–Trinajstić information content (AvgIpc) is 3.09. The van der Waals surface area contributed by atoms with Crippen molar-refractivity contribution in [2.75, 3.05) is 6.61 Å². The minimum absolute atomic E-state index is 0.0785. The number of imidazole rings is 1. The number of H-pyrrole nitrogens is 1. The lowest BCUT2D eigenvalue weighted by Gasteiger charge is -2.17. The standard InChI is InChI=1S/C16H25ClN4O2Si/c1-24(2,3)9-8-23-10-21-12-13(19-16(17)20-15(12)22)18-14(21)11-6-4-5-7-11/h11H,4-10H2,1-3H3,(H,19,20,22). The molecule has 132 valence electrons. The smallest absolute Gasteiger partial charge is 0.278 e. The SMILES string of the molecule is C[Si](C)(C)CCOCn1c(C2CCCC2)nc2nc(Cl)[nH]c(=O)c21. The zero-order valence-electron chi connectivity index (χ0n) is 14.6. The Morgan fingerprint density at radius 1 is 1.29 bits per heavy atom. The van der Waals surface area contributed by atoms with E-state index >= 15 is 0 Å². The van der Waals surface area contributed by atoms with Crippen molar-refractivity contribution in [1.29, 1.82) is 0 Å². The maximum absolute atomic E-state index is 12.4. The van der Waals surface area contributed by atoms with Gasteiger partial charge in [-0.05, 0) is 30.5 Å². The molecule has 1 saturated carbocycles. The normalized spacial score (nSPS) is 16.3. The molecule has 8 heteroatoms. The average molecular weight is 369 g/mol. The topological polar surface area (TPSA) is 72.8 Å². The summed E-state index contributed by atoms with van der Waals surface area (Å²) in [5.41, 5.74) is 0.629. The third kappa shape index (κ3) is 3.89. The lowest BCUT2D eigenvalue weighted by atomic mass is 10.1. The molecule has 1 fully saturated rings. The van der Waals surface area contributed by atoms with E-state index in [9.17, 15) is 4.79 Å². The predicted octanol–water partition coefficient (Wildman–Crippen LogP) is 3.74. The molecule has 24 heavy (non-hydrogen) atoms. The summed E-state index contributed by atoms with van der Waals surface area (Å²) in [5, 5.41) is 0.0785. The van der Waals surface area contributed by atoms with Crippen LogP contribution in [0.1, 0.15) is 37.4 Å². The first-order valence-electron chi connectivity index (χ1n) is 8.59. The summed E-state index contributed by atoms with van der Waals surface area (Å²) >= 11 is 5.88. The Morgan fingerprint density at radius 2 is 2.00 bits per heavy atom. The summed E-state index contributed by atoms with van der Waals surface area (Å²) in [6.07, 6.45) is 4.61. The van der Waals surface area contributed by atoms with E-state index in [-0.39, 0.29) is 10.8 Å². The van der Waals surface area contributed by atoms with Gasteiger partial charge in [0.2, 0.25) is 5.28 Å².